The molecule has 0 amide bonds. The Labute approximate surface area is 117 Å². The maximum Gasteiger partial charge on any atom is 0.336 e. The summed E-state index contributed by atoms with van der Waals surface area (Å²) in [7, 11) is 0. The molecule has 2 nitrogen and oxygen atoms in total. The Morgan fingerprint density at radius 2 is 1.58 bits per heavy atom. The third kappa shape index (κ3) is 3.18. The van der Waals surface area contributed by atoms with E-state index in [1.165, 1.54) is 17.3 Å². The Kier molecular flexibility index (Phi) is 3.96. The second kappa shape index (κ2) is 5.49. The van der Waals surface area contributed by atoms with E-state index in [4.69, 9.17) is 0 Å². The molecule has 0 saturated carbocycles. The van der Waals surface area contributed by atoms with Gasteiger partial charge in [-0.15, -0.1) is 0 Å². The normalized spacial score (nSPS) is 10.5. The number of carbonyl (C=O) groups is 1. The van der Waals surface area contributed by atoms with E-state index in [1.807, 2.05) is 32.9 Å². The summed E-state index contributed by atoms with van der Waals surface area (Å²) in [6.07, 6.45) is 0. The molecule has 0 aliphatic heterocycles. The molecule has 0 aliphatic carbocycles. The molecule has 0 saturated heterocycles. The third-order valence-electron chi connectivity index (χ3n) is 2.93. The smallest absolute Gasteiger partial charge is 0.336 e. The van der Waals surface area contributed by atoms with Crippen LogP contribution in [0.5, 0.6) is 0 Å². The van der Waals surface area contributed by atoms with E-state index in [1.54, 1.807) is 6.07 Å². The van der Waals surface area contributed by atoms with Crippen molar-refractivity contribution >= 4 is 17.7 Å². The molecule has 2 aromatic carbocycles. The monoisotopic (exact) mass is 272 g/mol. The van der Waals surface area contributed by atoms with E-state index in [0.717, 1.165) is 20.9 Å². The van der Waals surface area contributed by atoms with Gasteiger partial charge in [0, 0.05) is 9.79 Å². The van der Waals surface area contributed by atoms with Gasteiger partial charge in [0.25, 0.3) is 0 Å². The average Bonchev–Trinajstić information content (AvgIpc) is 2.35. The average molecular weight is 272 g/mol. The molecular weight excluding hydrogens is 256 g/mol. The SMILES string of the molecule is Cc1ccc(C)c(Sc2ccc(C)cc2C(=O)O)c1. The Hall–Kier alpha value is -1.74. The molecule has 1 N–H and O–H groups in total. The quantitative estimate of drug-likeness (QED) is 0.896. The Morgan fingerprint density at radius 1 is 0.947 bits per heavy atom. The Morgan fingerprint density at radius 3 is 2.26 bits per heavy atom. The molecule has 0 aliphatic rings. The lowest BCUT2D eigenvalue weighted by atomic mass is 10.1. The van der Waals surface area contributed by atoms with Gasteiger partial charge in [0.15, 0.2) is 0 Å². The predicted octanol–water partition coefficient (Wildman–Crippen LogP) is 4.46. The van der Waals surface area contributed by atoms with Crippen LogP contribution in [-0.2, 0) is 0 Å². The molecular formula is C16H16O2S. The van der Waals surface area contributed by atoms with Crippen LogP contribution in [0.15, 0.2) is 46.2 Å². The summed E-state index contributed by atoms with van der Waals surface area (Å²) >= 11 is 1.51. The zero-order valence-electron chi connectivity index (χ0n) is 11.2. The van der Waals surface area contributed by atoms with Gasteiger partial charge in [-0.1, -0.05) is 35.5 Å². The number of carboxylic acids is 1. The zero-order valence-corrected chi connectivity index (χ0v) is 12.0. The highest BCUT2D eigenvalue weighted by Gasteiger charge is 2.12. The van der Waals surface area contributed by atoms with Gasteiger partial charge in [0.1, 0.15) is 0 Å². The van der Waals surface area contributed by atoms with E-state index in [2.05, 4.69) is 18.2 Å². The molecule has 2 aromatic rings. The molecule has 0 radical (unpaired) electrons. The lowest BCUT2D eigenvalue weighted by molar-refractivity contribution is 0.0693. The number of carboxylic acid groups (broad SMARTS) is 1. The fraction of sp³-hybridized carbons (Fsp3) is 0.188. The predicted molar refractivity (Wildman–Crippen MR) is 78.2 cm³/mol. The highest BCUT2D eigenvalue weighted by Crippen LogP contribution is 2.33. The minimum absolute atomic E-state index is 0.367. The summed E-state index contributed by atoms with van der Waals surface area (Å²) in [6.45, 7) is 5.98. The van der Waals surface area contributed by atoms with Crippen molar-refractivity contribution in [2.24, 2.45) is 0 Å². The van der Waals surface area contributed by atoms with Crippen molar-refractivity contribution in [3.05, 3.63) is 58.7 Å². The van der Waals surface area contributed by atoms with Crippen LogP contribution in [0.25, 0.3) is 0 Å². The van der Waals surface area contributed by atoms with Gasteiger partial charge in [-0.25, -0.2) is 4.79 Å². The van der Waals surface area contributed by atoms with Gasteiger partial charge in [-0.3, -0.25) is 0 Å². The number of hydrogen-bond donors (Lipinski definition) is 1. The van der Waals surface area contributed by atoms with Crippen molar-refractivity contribution in [3.8, 4) is 0 Å². The van der Waals surface area contributed by atoms with Crippen molar-refractivity contribution in [2.75, 3.05) is 0 Å². The number of aryl methyl sites for hydroxylation is 3. The van der Waals surface area contributed by atoms with Crippen LogP contribution in [0.3, 0.4) is 0 Å². The molecule has 3 heteroatoms. The van der Waals surface area contributed by atoms with E-state index < -0.39 is 5.97 Å². The van der Waals surface area contributed by atoms with Crippen molar-refractivity contribution in [1.29, 1.82) is 0 Å². The second-order valence-corrected chi connectivity index (χ2v) is 5.76. The molecule has 0 unspecified atom stereocenters. The van der Waals surface area contributed by atoms with Crippen molar-refractivity contribution in [1.82, 2.24) is 0 Å². The van der Waals surface area contributed by atoms with E-state index in [0.29, 0.717) is 5.56 Å². The third-order valence-corrected chi connectivity index (χ3v) is 4.16. The highest BCUT2D eigenvalue weighted by atomic mass is 32.2. The molecule has 0 heterocycles. The fourth-order valence-electron chi connectivity index (χ4n) is 1.84. The van der Waals surface area contributed by atoms with Crippen molar-refractivity contribution in [2.45, 2.75) is 30.6 Å². The zero-order chi connectivity index (χ0) is 14.0. The summed E-state index contributed by atoms with van der Waals surface area (Å²) in [4.78, 5) is 13.2. The first-order chi connectivity index (χ1) is 8.97. The van der Waals surface area contributed by atoms with E-state index >= 15 is 0 Å². The van der Waals surface area contributed by atoms with Gasteiger partial charge < -0.3 is 5.11 Å². The van der Waals surface area contributed by atoms with E-state index in [9.17, 15) is 9.90 Å². The van der Waals surface area contributed by atoms with Gasteiger partial charge in [0.2, 0.25) is 0 Å². The summed E-state index contributed by atoms with van der Waals surface area (Å²) < 4.78 is 0. The Bertz CT molecular complexity index is 633. The number of rotatable bonds is 3. The molecule has 0 aromatic heterocycles. The first-order valence-electron chi connectivity index (χ1n) is 6.06. The van der Waals surface area contributed by atoms with Crippen molar-refractivity contribution in [3.63, 3.8) is 0 Å². The Balaban J connectivity index is 2.43. The molecule has 2 rings (SSSR count). The lowest BCUT2D eigenvalue weighted by Crippen LogP contribution is -1.99. The van der Waals surface area contributed by atoms with Crippen LogP contribution in [0, 0.1) is 20.8 Å². The molecule has 0 atom stereocenters. The maximum absolute atomic E-state index is 11.3. The van der Waals surface area contributed by atoms with Crippen LogP contribution in [0.1, 0.15) is 27.0 Å². The number of benzene rings is 2. The molecule has 0 spiro atoms. The molecule has 0 fully saturated rings. The first-order valence-corrected chi connectivity index (χ1v) is 6.88. The van der Waals surface area contributed by atoms with Gasteiger partial charge in [0.05, 0.1) is 5.56 Å². The maximum atomic E-state index is 11.3. The first kappa shape index (κ1) is 13.7. The number of aromatic carboxylic acids is 1. The van der Waals surface area contributed by atoms with Gasteiger partial charge >= 0.3 is 5.97 Å². The molecule has 98 valence electrons. The second-order valence-electron chi connectivity index (χ2n) is 4.68. The van der Waals surface area contributed by atoms with Crippen LogP contribution in [0.2, 0.25) is 0 Å². The van der Waals surface area contributed by atoms with Crippen molar-refractivity contribution < 1.29 is 9.90 Å². The van der Waals surface area contributed by atoms with Crippen LogP contribution >= 0.6 is 11.8 Å². The largest absolute Gasteiger partial charge is 0.478 e. The van der Waals surface area contributed by atoms with Crippen LogP contribution in [-0.4, -0.2) is 11.1 Å². The summed E-state index contributed by atoms with van der Waals surface area (Å²) in [6, 6.07) is 11.8. The summed E-state index contributed by atoms with van der Waals surface area (Å²) in [5, 5.41) is 9.28. The molecule has 19 heavy (non-hydrogen) atoms. The minimum Gasteiger partial charge on any atom is -0.478 e. The van der Waals surface area contributed by atoms with Crippen LogP contribution in [0.4, 0.5) is 0 Å². The number of hydrogen-bond acceptors (Lipinski definition) is 2. The summed E-state index contributed by atoms with van der Waals surface area (Å²) in [5.74, 6) is -0.878. The van der Waals surface area contributed by atoms with E-state index in [-0.39, 0.29) is 0 Å². The molecule has 0 bridgehead atoms. The van der Waals surface area contributed by atoms with Gasteiger partial charge in [-0.05, 0) is 50.1 Å². The van der Waals surface area contributed by atoms with Crippen LogP contribution < -0.4 is 0 Å². The fourth-order valence-corrected chi connectivity index (χ4v) is 2.94. The topological polar surface area (TPSA) is 37.3 Å². The standard InChI is InChI=1S/C16H16O2S/c1-10-5-7-14(13(8-10)16(17)18)19-15-9-11(2)4-6-12(15)3/h4-9H,1-3H3,(H,17,18). The highest BCUT2D eigenvalue weighted by molar-refractivity contribution is 7.99. The summed E-state index contributed by atoms with van der Waals surface area (Å²) in [5.41, 5.74) is 3.67. The minimum atomic E-state index is -0.878. The lowest BCUT2D eigenvalue weighted by Gasteiger charge is -2.10. The van der Waals surface area contributed by atoms with Gasteiger partial charge in [-0.2, -0.15) is 0 Å².